The molecule has 0 aliphatic carbocycles. The Bertz CT molecular complexity index is 625. The Morgan fingerprint density at radius 1 is 1.20 bits per heavy atom. The van der Waals surface area contributed by atoms with Crippen LogP contribution in [0.2, 0.25) is 0 Å². The molecule has 1 N–H and O–H groups in total. The molecule has 1 fully saturated rings. The summed E-state index contributed by atoms with van der Waals surface area (Å²) in [5.41, 5.74) is 1.06. The van der Waals surface area contributed by atoms with Crippen LogP contribution in [0, 0.1) is 4.77 Å². The van der Waals surface area contributed by atoms with Crippen molar-refractivity contribution in [3.63, 3.8) is 0 Å². The molecule has 6 heteroatoms. The fourth-order valence-corrected chi connectivity index (χ4v) is 2.96. The van der Waals surface area contributed by atoms with Crippen LogP contribution < -0.4 is 4.90 Å². The number of pyridine rings is 1. The molecule has 2 aromatic rings. The number of hydrogen-bond donors (Lipinski definition) is 1. The van der Waals surface area contributed by atoms with E-state index in [1.807, 2.05) is 28.4 Å². The van der Waals surface area contributed by atoms with Gasteiger partial charge in [0.05, 0.1) is 13.1 Å². The minimum Gasteiger partial charge on any atom is -0.316 e. The number of aromatic nitrogens is 4. The number of piperidine rings is 1. The second kappa shape index (κ2) is 5.85. The highest BCUT2D eigenvalue weighted by molar-refractivity contribution is 7.71. The molecule has 0 bridgehead atoms. The summed E-state index contributed by atoms with van der Waals surface area (Å²) in [6.07, 6.45) is 7.55. The lowest BCUT2D eigenvalue weighted by Crippen LogP contribution is -3.12. The van der Waals surface area contributed by atoms with Gasteiger partial charge in [0, 0.05) is 25.0 Å². The molecule has 0 spiro atoms. The number of likely N-dealkylation sites (tertiary alicyclic amines) is 1. The second-order valence-corrected chi connectivity index (χ2v) is 5.73. The van der Waals surface area contributed by atoms with E-state index in [2.05, 4.69) is 4.98 Å². The summed E-state index contributed by atoms with van der Waals surface area (Å²) < 4.78 is 4.73. The van der Waals surface area contributed by atoms with Crippen LogP contribution >= 0.6 is 12.2 Å². The van der Waals surface area contributed by atoms with E-state index in [1.165, 1.54) is 32.4 Å². The number of quaternary nitrogens is 1. The molecule has 0 saturated carbocycles. The SMILES string of the molecule is Cn1c(-c2ccncc2)nn(C[NH+]2CCCCC2)c1=S. The molecule has 106 valence electrons. The van der Waals surface area contributed by atoms with Crippen molar-refractivity contribution in [2.24, 2.45) is 7.05 Å². The van der Waals surface area contributed by atoms with E-state index < -0.39 is 0 Å². The first-order valence-electron chi connectivity index (χ1n) is 7.13. The molecular formula is C14H20N5S+. The Morgan fingerprint density at radius 2 is 1.90 bits per heavy atom. The monoisotopic (exact) mass is 290 g/mol. The molecule has 5 nitrogen and oxygen atoms in total. The topological polar surface area (TPSA) is 40.1 Å². The lowest BCUT2D eigenvalue weighted by molar-refractivity contribution is -0.928. The van der Waals surface area contributed by atoms with E-state index in [0.717, 1.165) is 22.8 Å². The van der Waals surface area contributed by atoms with Gasteiger partial charge in [0.15, 0.2) is 12.5 Å². The minimum atomic E-state index is 0.787. The van der Waals surface area contributed by atoms with Gasteiger partial charge < -0.3 is 9.47 Å². The number of hydrogen-bond acceptors (Lipinski definition) is 3. The van der Waals surface area contributed by atoms with Gasteiger partial charge >= 0.3 is 0 Å². The fraction of sp³-hybridized carbons (Fsp3) is 0.500. The van der Waals surface area contributed by atoms with E-state index in [0.29, 0.717) is 0 Å². The zero-order valence-corrected chi connectivity index (χ0v) is 12.6. The average Bonchev–Trinajstić information content (AvgIpc) is 2.78. The van der Waals surface area contributed by atoms with Gasteiger partial charge in [-0.15, -0.1) is 5.10 Å². The molecule has 1 aliphatic heterocycles. The fourth-order valence-electron chi connectivity index (χ4n) is 2.76. The summed E-state index contributed by atoms with van der Waals surface area (Å²) in [6.45, 7) is 3.32. The zero-order valence-electron chi connectivity index (χ0n) is 11.7. The van der Waals surface area contributed by atoms with Crippen molar-refractivity contribution in [1.29, 1.82) is 0 Å². The molecule has 0 radical (unpaired) electrons. The highest BCUT2D eigenvalue weighted by Crippen LogP contribution is 2.15. The number of nitrogens with one attached hydrogen (secondary N) is 1. The first kappa shape index (κ1) is 13.5. The zero-order chi connectivity index (χ0) is 13.9. The molecular weight excluding hydrogens is 270 g/mol. The van der Waals surface area contributed by atoms with Crippen LogP contribution in [0.25, 0.3) is 11.4 Å². The Kier molecular flexibility index (Phi) is 3.93. The average molecular weight is 290 g/mol. The summed E-state index contributed by atoms with van der Waals surface area (Å²) in [5, 5.41) is 4.70. The highest BCUT2D eigenvalue weighted by atomic mass is 32.1. The summed E-state index contributed by atoms with van der Waals surface area (Å²) in [7, 11) is 1.98. The number of rotatable bonds is 3. The predicted molar refractivity (Wildman–Crippen MR) is 79.8 cm³/mol. The van der Waals surface area contributed by atoms with Crippen LogP contribution in [0.5, 0.6) is 0 Å². The molecule has 0 atom stereocenters. The molecule has 0 amide bonds. The molecule has 0 aromatic carbocycles. The molecule has 1 aliphatic rings. The Labute approximate surface area is 123 Å². The van der Waals surface area contributed by atoms with Gasteiger partial charge in [-0.2, -0.15) is 4.68 Å². The van der Waals surface area contributed by atoms with Crippen LogP contribution in [0.1, 0.15) is 19.3 Å². The van der Waals surface area contributed by atoms with Gasteiger partial charge in [-0.25, -0.2) is 0 Å². The molecule has 20 heavy (non-hydrogen) atoms. The Hall–Kier alpha value is -1.53. The summed E-state index contributed by atoms with van der Waals surface area (Å²) in [5.74, 6) is 0.911. The standard InChI is InChI=1S/C14H19N5S/c1-17-13(12-5-7-15-8-6-12)16-19(14(17)20)11-18-9-3-2-4-10-18/h5-8H,2-4,9-11H2,1H3/p+1. The van der Waals surface area contributed by atoms with Crippen molar-refractivity contribution >= 4 is 12.2 Å². The molecule has 3 rings (SSSR count). The Morgan fingerprint density at radius 3 is 2.60 bits per heavy atom. The largest absolute Gasteiger partial charge is 0.316 e. The van der Waals surface area contributed by atoms with E-state index in [4.69, 9.17) is 17.3 Å². The third-order valence-electron chi connectivity index (χ3n) is 3.91. The summed E-state index contributed by atoms with van der Waals surface area (Å²) in [6, 6.07) is 3.93. The van der Waals surface area contributed by atoms with Crippen molar-refractivity contribution in [2.75, 3.05) is 13.1 Å². The van der Waals surface area contributed by atoms with E-state index in [-0.39, 0.29) is 0 Å². The van der Waals surface area contributed by atoms with Gasteiger partial charge in [-0.05, 0) is 43.6 Å². The summed E-state index contributed by atoms with van der Waals surface area (Å²) >= 11 is 5.52. The highest BCUT2D eigenvalue weighted by Gasteiger charge is 2.17. The normalized spacial score (nSPS) is 16.4. The van der Waals surface area contributed by atoms with Crippen LogP contribution in [-0.2, 0) is 13.7 Å². The smallest absolute Gasteiger partial charge is 0.202 e. The van der Waals surface area contributed by atoms with Crippen molar-refractivity contribution in [3.05, 3.63) is 29.3 Å². The van der Waals surface area contributed by atoms with E-state index >= 15 is 0 Å². The lowest BCUT2D eigenvalue weighted by atomic mass is 10.1. The van der Waals surface area contributed by atoms with Crippen LogP contribution in [0.3, 0.4) is 0 Å². The predicted octanol–water partition coefficient (Wildman–Crippen LogP) is 1.04. The quantitative estimate of drug-likeness (QED) is 0.859. The lowest BCUT2D eigenvalue weighted by Gasteiger charge is -2.22. The van der Waals surface area contributed by atoms with Crippen molar-refractivity contribution in [3.8, 4) is 11.4 Å². The van der Waals surface area contributed by atoms with Crippen LogP contribution in [0.4, 0.5) is 0 Å². The van der Waals surface area contributed by atoms with Gasteiger partial charge in [-0.1, -0.05) is 0 Å². The third kappa shape index (κ3) is 2.66. The van der Waals surface area contributed by atoms with Gasteiger partial charge in [-0.3, -0.25) is 4.98 Å². The maximum atomic E-state index is 5.52. The van der Waals surface area contributed by atoms with E-state index in [9.17, 15) is 0 Å². The van der Waals surface area contributed by atoms with Gasteiger partial charge in [0.1, 0.15) is 0 Å². The van der Waals surface area contributed by atoms with Crippen molar-refractivity contribution in [2.45, 2.75) is 25.9 Å². The molecule has 2 aromatic heterocycles. The van der Waals surface area contributed by atoms with Gasteiger partial charge in [0.25, 0.3) is 0 Å². The maximum Gasteiger partial charge on any atom is 0.202 e. The minimum absolute atomic E-state index is 0.787. The van der Waals surface area contributed by atoms with Crippen molar-refractivity contribution < 1.29 is 4.90 Å². The summed E-state index contributed by atoms with van der Waals surface area (Å²) in [4.78, 5) is 5.63. The van der Waals surface area contributed by atoms with Crippen LogP contribution in [0.15, 0.2) is 24.5 Å². The van der Waals surface area contributed by atoms with Crippen molar-refractivity contribution in [1.82, 2.24) is 19.3 Å². The first-order chi connectivity index (χ1) is 9.75. The molecule has 0 unspecified atom stereocenters. The van der Waals surface area contributed by atoms with Crippen LogP contribution in [-0.4, -0.2) is 32.4 Å². The number of nitrogens with zero attached hydrogens (tertiary/aromatic N) is 4. The first-order valence-corrected chi connectivity index (χ1v) is 7.54. The molecule has 1 saturated heterocycles. The van der Waals surface area contributed by atoms with Gasteiger partial charge in [0.2, 0.25) is 4.77 Å². The Balaban J connectivity index is 1.88. The third-order valence-corrected chi connectivity index (χ3v) is 4.40. The molecule has 3 heterocycles. The maximum absolute atomic E-state index is 5.52. The second-order valence-electron chi connectivity index (χ2n) is 5.37. The van der Waals surface area contributed by atoms with E-state index in [1.54, 1.807) is 17.3 Å².